The SMILES string of the molecule is O=C(CCc1ccsc1)N1CCCC(c2nnc3n2CCCCC3)C1. The number of nitrogens with zero attached hydrogens (tertiary/aromatic N) is 4. The van der Waals surface area contributed by atoms with E-state index >= 15 is 0 Å². The van der Waals surface area contributed by atoms with Gasteiger partial charge in [-0.2, -0.15) is 11.3 Å². The van der Waals surface area contributed by atoms with Crippen molar-refractivity contribution in [2.24, 2.45) is 0 Å². The molecule has 4 heterocycles. The van der Waals surface area contributed by atoms with Gasteiger partial charge in [0.15, 0.2) is 0 Å². The van der Waals surface area contributed by atoms with Crippen molar-refractivity contribution in [2.75, 3.05) is 13.1 Å². The van der Waals surface area contributed by atoms with Gasteiger partial charge < -0.3 is 9.47 Å². The Morgan fingerprint density at radius 2 is 2.16 bits per heavy atom. The Hall–Kier alpha value is -1.69. The molecule has 2 aromatic heterocycles. The molecule has 0 aromatic carbocycles. The first kappa shape index (κ1) is 16.8. The predicted molar refractivity (Wildman–Crippen MR) is 98.8 cm³/mol. The molecule has 1 fully saturated rings. The average molecular weight is 359 g/mol. The minimum atomic E-state index is 0.284. The van der Waals surface area contributed by atoms with E-state index in [1.807, 2.05) is 0 Å². The Bertz CT molecular complexity index is 709. The van der Waals surface area contributed by atoms with E-state index in [1.54, 1.807) is 11.3 Å². The van der Waals surface area contributed by atoms with Crippen LogP contribution in [0.15, 0.2) is 16.8 Å². The molecule has 2 aromatic rings. The molecule has 0 spiro atoms. The molecule has 0 bridgehead atoms. The van der Waals surface area contributed by atoms with Crippen molar-refractivity contribution >= 4 is 17.2 Å². The van der Waals surface area contributed by atoms with Crippen molar-refractivity contribution in [1.82, 2.24) is 19.7 Å². The molecule has 6 heteroatoms. The summed E-state index contributed by atoms with van der Waals surface area (Å²) >= 11 is 1.70. The number of thiophene rings is 1. The van der Waals surface area contributed by atoms with Crippen molar-refractivity contribution < 1.29 is 4.79 Å². The number of carbonyl (C=O) groups is 1. The lowest BCUT2D eigenvalue weighted by molar-refractivity contribution is -0.132. The van der Waals surface area contributed by atoms with Crippen LogP contribution in [0.3, 0.4) is 0 Å². The summed E-state index contributed by atoms with van der Waals surface area (Å²) in [6.07, 6.45) is 8.41. The molecule has 1 amide bonds. The number of amides is 1. The Labute approximate surface area is 153 Å². The van der Waals surface area contributed by atoms with Gasteiger partial charge in [-0.15, -0.1) is 10.2 Å². The molecule has 5 nitrogen and oxygen atoms in total. The lowest BCUT2D eigenvalue weighted by atomic mass is 9.96. The standard InChI is InChI=1S/C19H26N4OS/c24-18(8-7-15-9-12-25-14-15)22-10-4-5-16(13-22)19-21-20-17-6-2-1-3-11-23(17)19/h9,12,14,16H,1-8,10-11,13H2. The highest BCUT2D eigenvalue weighted by Gasteiger charge is 2.29. The van der Waals surface area contributed by atoms with E-state index < -0.39 is 0 Å². The predicted octanol–water partition coefficient (Wildman–Crippen LogP) is 3.40. The van der Waals surface area contributed by atoms with E-state index in [1.165, 1.54) is 24.8 Å². The number of rotatable bonds is 4. The molecule has 4 rings (SSSR count). The van der Waals surface area contributed by atoms with Crippen LogP contribution in [0.1, 0.15) is 61.7 Å². The summed E-state index contributed by atoms with van der Waals surface area (Å²) in [7, 11) is 0. The van der Waals surface area contributed by atoms with Gasteiger partial charge in [0.1, 0.15) is 11.6 Å². The smallest absolute Gasteiger partial charge is 0.222 e. The molecule has 0 N–H and O–H groups in total. The first-order chi connectivity index (χ1) is 12.3. The van der Waals surface area contributed by atoms with Crippen molar-refractivity contribution in [3.8, 4) is 0 Å². The fraction of sp³-hybridized carbons (Fsp3) is 0.632. The second-order valence-corrected chi connectivity index (χ2v) is 8.03. The quantitative estimate of drug-likeness (QED) is 0.842. The van der Waals surface area contributed by atoms with Gasteiger partial charge in [-0.3, -0.25) is 4.79 Å². The topological polar surface area (TPSA) is 51.0 Å². The van der Waals surface area contributed by atoms with Crippen molar-refractivity contribution in [2.45, 2.75) is 63.8 Å². The highest BCUT2D eigenvalue weighted by molar-refractivity contribution is 7.07. The van der Waals surface area contributed by atoms with E-state index in [-0.39, 0.29) is 5.91 Å². The van der Waals surface area contributed by atoms with Crippen LogP contribution < -0.4 is 0 Å². The van der Waals surface area contributed by atoms with E-state index in [0.29, 0.717) is 12.3 Å². The number of aromatic nitrogens is 3. The summed E-state index contributed by atoms with van der Waals surface area (Å²) in [5.41, 5.74) is 1.27. The summed E-state index contributed by atoms with van der Waals surface area (Å²) in [4.78, 5) is 14.7. The highest BCUT2D eigenvalue weighted by Crippen LogP contribution is 2.28. The minimum absolute atomic E-state index is 0.284. The van der Waals surface area contributed by atoms with Crippen LogP contribution in [0.2, 0.25) is 0 Å². The van der Waals surface area contributed by atoms with E-state index in [9.17, 15) is 4.79 Å². The third-order valence-corrected chi connectivity index (χ3v) is 6.22. The van der Waals surface area contributed by atoms with Crippen LogP contribution in [0, 0.1) is 0 Å². The molecule has 1 atom stereocenters. The van der Waals surface area contributed by atoms with Gasteiger partial charge in [-0.05, 0) is 54.5 Å². The Morgan fingerprint density at radius 3 is 3.04 bits per heavy atom. The second-order valence-electron chi connectivity index (χ2n) is 7.25. The molecular weight excluding hydrogens is 332 g/mol. The zero-order chi connectivity index (χ0) is 17.1. The Balaban J connectivity index is 1.41. The van der Waals surface area contributed by atoms with Crippen molar-refractivity contribution in [3.05, 3.63) is 34.0 Å². The number of piperidine rings is 1. The summed E-state index contributed by atoms with van der Waals surface area (Å²) in [5.74, 6) is 2.89. The van der Waals surface area contributed by atoms with Crippen LogP contribution in [-0.4, -0.2) is 38.7 Å². The largest absolute Gasteiger partial charge is 0.342 e. The van der Waals surface area contributed by atoms with Crippen LogP contribution in [-0.2, 0) is 24.2 Å². The molecular formula is C19H26N4OS. The number of carbonyl (C=O) groups excluding carboxylic acids is 1. The zero-order valence-electron chi connectivity index (χ0n) is 14.7. The minimum Gasteiger partial charge on any atom is -0.342 e. The molecule has 134 valence electrons. The van der Waals surface area contributed by atoms with Gasteiger partial charge in [0.25, 0.3) is 0 Å². The molecule has 0 saturated carbocycles. The van der Waals surface area contributed by atoms with Crippen LogP contribution in [0.4, 0.5) is 0 Å². The van der Waals surface area contributed by atoms with Gasteiger partial charge in [-0.25, -0.2) is 0 Å². The van der Waals surface area contributed by atoms with E-state index in [4.69, 9.17) is 0 Å². The molecule has 2 aliphatic heterocycles. The number of hydrogen-bond donors (Lipinski definition) is 0. The third kappa shape index (κ3) is 3.78. The summed E-state index contributed by atoms with van der Waals surface area (Å²) in [6.45, 7) is 2.74. The normalized spacial score (nSPS) is 21.0. The number of aryl methyl sites for hydroxylation is 2. The highest BCUT2D eigenvalue weighted by atomic mass is 32.1. The van der Waals surface area contributed by atoms with Gasteiger partial charge in [-0.1, -0.05) is 6.42 Å². The van der Waals surface area contributed by atoms with Crippen molar-refractivity contribution in [1.29, 1.82) is 0 Å². The summed E-state index contributed by atoms with van der Waals surface area (Å²) in [5, 5.41) is 13.2. The monoisotopic (exact) mass is 358 g/mol. The summed E-state index contributed by atoms with van der Waals surface area (Å²) < 4.78 is 2.34. The maximum atomic E-state index is 12.6. The molecule has 25 heavy (non-hydrogen) atoms. The number of hydrogen-bond acceptors (Lipinski definition) is 4. The van der Waals surface area contributed by atoms with Gasteiger partial charge in [0, 0.05) is 38.4 Å². The fourth-order valence-corrected chi connectivity index (χ4v) is 4.77. The Kier molecular flexibility index (Phi) is 5.15. The number of likely N-dealkylation sites (tertiary alicyclic amines) is 1. The second kappa shape index (κ2) is 7.68. The van der Waals surface area contributed by atoms with E-state index in [0.717, 1.165) is 57.0 Å². The molecule has 0 radical (unpaired) electrons. The molecule has 1 unspecified atom stereocenters. The first-order valence-electron chi connectivity index (χ1n) is 9.52. The van der Waals surface area contributed by atoms with E-state index in [2.05, 4.69) is 36.5 Å². The average Bonchev–Trinajstić information content (AvgIpc) is 3.25. The first-order valence-corrected chi connectivity index (χ1v) is 10.5. The molecule has 0 aliphatic carbocycles. The maximum Gasteiger partial charge on any atom is 0.222 e. The molecule has 2 aliphatic rings. The van der Waals surface area contributed by atoms with Gasteiger partial charge in [0.05, 0.1) is 0 Å². The number of fused-ring (bicyclic) bond motifs is 1. The van der Waals surface area contributed by atoms with Gasteiger partial charge >= 0.3 is 0 Å². The third-order valence-electron chi connectivity index (χ3n) is 5.48. The molecule has 1 saturated heterocycles. The lowest BCUT2D eigenvalue weighted by Gasteiger charge is -2.32. The maximum absolute atomic E-state index is 12.6. The zero-order valence-corrected chi connectivity index (χ0v) is 15.5. The van der Waals surface area contributed by atoms with Crippen LogP contribution in [0.25, 0.3) is 0 Å². The van der Waals surface area contributed by atoms with Crippen molar-refractivity contribution in [3.63, 3.8) is 0 Å². The fourth-order valence-electron chi connectivity index (χ4n) is 4.07. The van der Waals surface area contributed by atoms with Crippen LogP contribution in [0.5, 0.6) is 0 Å². The Morgan fingerprint density at radius 1 is 1.20 bits per heavy atom. The van der Waals surface area contributed by atoms with Crippen LogP contribution >= 0.6 is 11.3 Å². The lowest BCUT2D eigenvalue weighted by Crippen LogP contribution is -2.40. The summed E-state index contributed by atoms with van der Waals surface area (Å²) in [6, 6.07) is 2.11. The van der Waals surface area contributed by atoms with Gasteiger partial charge in [0.2, 0.25) is 5.91 Å².